The van der Waals surface area contributed by atoms with Gasteiger partial charge in [0.25, 0.3) is 0 Å². The van der Waals surface area contributed by atoms with E-state index >= 15 is 0 Å². The van der Waals surface area contributed by atoms with Gasteiger partial charge in [-0.2, -0.15) is 0 Å². The zero-order valence-electron chi connectivity index (χ0n) is 23.7. The molecule has 3 aromatic rings. The molecule has 1 atom stereocenters. The van der Waals surface area contributed by atoms with E-state index < -0.39 is 16.1 Å². The maximum absolute atomic E-state index is 14.0. The van der Waals surface area contributed by atoms with Gasteiger partial charge in [-0.25, -0.2) is 8.42 Å². The van der Waals surface area contributed by atoms with Gasteiger partial charge in [0.2, 0.25) is 21.8 Å². The molecular weight excluding hydrogens is 593 g/mol. The number of carbonyl (C=O) groups is 2. The Morgan fingerprint density at radius 3 is 2.21 bits per heavy atom. The van der Waals surface area contributed by atoms with Gasteiger partial charge in [-0.1, -0.05) is 84.6 Å². The Labute approximate surface area is 258 Å². The van der Waals surface area contributed by atoms with Crippen LogP contribution in [0.2, 0.25) is 10.0 Å². The molecule has 2 amide bonds. The molecule has 0 bridgehead atoms. The Bertz CT molecular complexity index is 1450. The fraction of sp³-hybridized carbons (Fsp3) is 0.375. The first-order valence-corrected chi connectivity index (χ1v) is 16.8. The van der Waals surface area contributed by atoms with Gasteiger partial charge in [0.1, 0.15) is 6.04 Å². The van der Waals surface area contributed by atoms with Crippen LogP contribution in [0.15, 0.2) is 78.9 Å². The highest BCUT2D eigenvalue weighted by molar-refractivity contribution is 7.92. The zero-order chi connectivity index (χ0) is 30.1. The lowest BCUT2D eigenvalue weighted by molar-refractivity contribution is -0.141. The maximum atomic E-state index is 14.0. The van der Waals surface area contributed by atoms with Crippen molar-refractivity contribution in [1.29, 1.82) is 0 Å². The highest BCUT2D eigenvalue weighted by Gasteiger charge is 2.32. The second-order valence-electron chi connectivity index (χ2n) is 10.7. The molecule has 0 radical (unpaired) electrons. The van der Waals surface area contributed by atoms with E-state index in [2.05, 4.69) is 5.32 Å². The Morgan fingerprint density at radius 2 is 1.57 bits per heavy atom. The Balaban J connectivity index is 1.59. The average Bonchev–Trinajstić information content (AvgIpc) is 3.47. The third-order valence-corrected chi connectivity index (χ3v) is 9.35. The monoisotopic (exact) mass is 629 g/mol. The van der Waals surface area contributed by atoms with E-state index in [0.29, 0.717) is 22.2 Å². The highest BCUT2D eigenvalue weighted by atomic mass is 35.5. The van der Waals surface area contributed by atoms with Crippen molar-refractivity contribution in [1.82, 2.24) is 10.2 Å². The third kappa shape index (κ3) is 8.96. The summed E-state index contributed by atoms with van der Waals surface area (Å²) in [6.45, 7) is 0.255. The third-order valence-electron chi connectivity index (χ3n) is 7.54. The summed E-state index contributed by atoms with van der Waals surface area (Å²) in [7, 11) is -3.60. The van der Waals surface area contributed by atoms with Crippen LogP contribution in [0.4, 0.5) is 5.69 Å². The molecule has 10 heteroatoms. The predicted molar refractivity (Wildman–Crippen MR) is 169 cm³/mol. The Hall–Kier alpha value is -3.07. The topological polar surface area (TPSA) is 86.8 Å². The average molecular weight is 631 g/mol. The van der Waals surface area contributed by atoms with Gasteiger partial charge in [0.15, 0.2) is 0 Å². The number of benzene rings is 3. The fourth-order valence-corrected chi connectivity index (χ4v) is 6.63. The molecule has 1 aliphatic rings. The summed E-state index contributed by atoms with van der Waals surface area (Å²) in [5.74, 6) is -0.438. The van der Waals surface area contributed by atoms with Crippen molar-refractivity contribution in [3.8, 4) is 0 Å². The molecular formula is C32H37Cl2N3O4S. The summed E-state index contributed by atoms with van der Waals surface area (Å²) in [4.78, 5) is 29.4. The van der Waals surface area contributed by atoms with Crippen molar-refractivity contribution < 1.29 is 18.0 Å². The summed E-state index contributed by atoms with van der Waals surface area (Å²) in [6.07, 6.45) is 5.78. The first-order chi connectivity index (χ1) is 20.1. The number of nitrogens with zero attached hydrogens (tertiary/aromatic N) is 2. The summed E-state index contributed by atoms with van der Waals surface area (Å²) < 4.78 is 26.5. The minimum absolute atomic E-state index is 0.0477. The summed E-state index contributed by atoms with van der Waals surface area (Å²) in [5.41, 5.74) is 2.14. The van der Waals surface area contributed by atoms with E-state index in [9.17, 15) is 18.0 Å². The lowest BCUT2D eigenvalue weighted by atomic mass is 10.0. The number of sulfonamides is 1. The van der Waals surface area contributed by atoms with Crippen LogP contribution in [0.1, 0.15) is 49.7 Å². The number of rotatable bonds is 13. The van der Waals surface area contributed by atoms with Gasteiger partial charge in [0, 0.05) is 42.0 Å². The van der Waals surface area contributed by atoms with Crippen molar-refractivity contribution in [2.75, 3.05) is 17.1 Å². The van der Waals surface area contributed by atoms with Crippen LogP contribution >= 0.6 is 23.2 Å². The van der Waals surface area contributed by atoms with Crippen molar-refractivity contribution in [2.45, 2.75) is 63.6 Å². The predicted octanol–water partition coefficient (Wildman–Crippen LogP) is 6.24. The normalized spacial score (nSPS) is 14.4. The standard InChI is InChI=1S/C32H37Cl2N3O4S/c1-42(40,41)37(28-19-17-26(33)18-20-28)21-9-16-31(38)36(23-25-12-5-8-15-29(25)34)30(22-24-10-3-2-4-11-24)32(39)35-27-13-6-7-14-27/h2-5,8,10-12,15,17-20,27,30H,6-7,9,13-14,16,21-23H2,1H3,(H,35,39). The Kier molecular flexibility index (Phi) is 11.3. The molecule has 4 rings (SSSR count). The van der Waals surface area contributed by atoms with Crippen LogP contribution in [-0.4, -0.2) is 50.0 Å². The Morgan fingerprint density at radius 1 is 0.929 bits per heavy atom. The first kappa shape index (κ1) is 31.9. The largest absolute Gasteiger partial charge is 0.352 e. The molecule has 0 aliphatic heterocycles. The summed E-state index contributed by atoms with van der Waals surface area (Å²) in [6, 6.07) is 22.8. The molecule has 0 heterocycles. The number of carbonyl (C=O) groups excluding carboxylic acids is 2. The highest BCUT2D eigenvalue weighted by Crippen LogP contribution is 2.24. The van der Waals surface area contributed by atoms with Crippen molar-refractivity contribution in [2.24, 2.45) is 0 Å². The molecule has 1 fully saturated rings. The molecule has 42 heavy (non-hydrogen) atoms. The summed E-state index contributed by atoms with van der Waals surface area (Å²) >= 11 is 12.5. The van der Waals surface area contributed by atoms with Gasteiger partial charge in [-0.3, -0.25) is 13.9 Å². The number of amides is 2. The number of nitrogens with one attached hydrogen (secondary N) is 1. The van der Waals surface area contributed by atoms with Gasteiger partial charge in [0.05, 0.1) is 11.9 Å². The van der Waals surface area contributed by atoms with Crippen molar-refractivity contribution >= 4 is 50.7 Å². The van der Waals surface area contributed by atoms with Gasteiger partial charge in [-0.15, -0.1) is 0 Å². The zero-order valence-corrected chi connectivity index (χ0v) is 26.0. The maximum Gasteiger partial charge on any atom is 0.243 e. The van der Waals surface area contributed by atoms with E-state index in [4.69, 9.17) is 23.2 Å². The van der Waals surface area contributed by atoms with Crippen LogP contribution in [0.25, 0.3) is 0 Å². The van der Waals surface area contributed by atoms with E-state index in [-0.39, 0.29) is 43.8 Å². The van der Waals surface area contributed by atoms with Crippen LogP contribution < -0.4 is 9.62 Å². The molecule has 0 saturated heterocycles. The van der Waals surface area contributed by atoms with E-state index in [1.165, 1.54) is 4.31 Å². The molecule has 224 valence electrons. The molecule has 7 nitrogen and oxygen atoms in total. The van der Waals surface area contributed by atoms with Gasteiger partial charge < -0.3 is 10.2 Å². The number of anilines is 1. The lowest BCUT2D eigenvalue weighted by Crippen LogP contribution is -2.52. The van der Waals surface area contributed by atoms with Crippen LogP contribution in [0, 0.1) is 0 Å². The van der Waals surface area contributed by atoms with Crippen molar-refractivity contribution in [3.63, 3.8) is 0 Å². The minimum Gasteiger partial charge on any atom is -0.352 e. The number of halogens is 2. The van der Waals surface area contributed by atoms with E-state index in [0.717, 1.165) is 43.1 Å². The molecule has 0 aromatic heterocycles. The quantitative estimate of drug-likeness (QED) is 0.242. The molecule has 1 saturated carbocycles. The molecule has 1 N–H and O–H groups in total. The second-order valence-corrected chi connectivity index (χ2v) is 13.5. The van der Waals surface area contributed by atoms with Gasteiger partial charge in [-0.05, 0) is 60.7 Å². The SMILES string of the molecule is CS(=O)(=O)N(CCCC(=O)N(Cc1ccccc1Cl)C(Cc1ccccc1)C(=O)NC1CCCC1)c1ccc(Cl)cc1. The molecule has 0 spiro atoms. The van der Waals surface area contributed by atoms with Gasteiger partial charge >= 0.3 is 0 Å². The van der Waals surface area contributed by atoms with Crippen molar-refractivity contribution in [3.05, 3.63) is 100 Å². The molecule has 3 aromatic carbocycles. The fourth-order valence-electron chi connectivity index (χ4n) is 5.34. The lowest BCUT2D eigenvalue weighted by Gasteiger charge is -2.33. The summed E-state index contributed by atoms with van der Waals surface area (Å²) in [5, 5.41) is 4.20. The minimum atomic E-state index is -3.60. The number of hydrogen-bond donors (Lipinski definition) is 1. The van der Waals surface area contributed by atoms with Crippen LogP contribution in [0.5, 0.6) is 0 Å². The van der Waals surface area contributed by atoms with Crippen LogP contribution in [0.3, 0.4) is 0 Å². The van der Waals surface area contributed by atoms with E-state index in [1.54, 1.807) is 35.2 Å². The second kappa shape index (κ2) is 14.9. The van der Waals surface area contributed by atoms with Crippen LogP contribution in [-0.2, 0) is 32.6 Å². The molecule has 1 unspecified atom stereocenters. The van der Waals surface area contributed by atoms with E-state index in [1.807, 2.05) is 48.5 Å². The first-order valence-electron chi connectivity index (χ1n) is 14.2. The number of hydrogen-bond acceptors (Lipinski definition) is 4. The smallest absolute Gasteiger partial charge is 0.243 e. The molecule has 1 aliphatic carbocycles.